The summed E-state index contributed by atoms with van der Waals surface area (Å²) in [7, 11) is 0. The van der Waals surface area contributed by atoms with Crippen LogP contribution in [0.15, 0.2) is 42.5 Å². The summed E-state index contributed by atoms with van der Waals surface area (Å²) in [4.78, 5) is 0. The lowest BCUT2D eigenvalue weighted by Gasteiger charge is -2.11. The van der Waals surface area contributed by atoms with Crippen LogP contribution in [0.2, 0.25) is 10.0 Å². The molecule has 0 atom stereocenters. The first-order chi connectivity index (χ1) is 10.5. The smallest absolute Gasteiger partial charge is 0.170 e. The first-order valence-electron chi connectivity index (χ1n) is 7.10. The molecule has 2 N–H and O–H groups in total. The number of rotatable bonds is 5. The third-order valence-corrected chi connectivity index (χ3v) is 4.18. The van der Waals surface area contributed by atoms with Gasteiger partial charge in [-0.2, -0.15) is 0 Å². The molecule has 0 aliphatic heterocycles. The highest BCUT2D eigenvalue weighted by atomic mass is 35.5. The SMILES string of the molecule is Cc1ccc(NC(=S)NCCCc2ccc(Cl)cc2)cc1Cl. The molecular weight excluding hydrogens is 335 g/mol. The minimum absolute atomic E-state index is 0.607. The number of hydrogen-bond acceptors (Lipinski definition) is 1. The van der Waals surface area contributed by atoms with Crippen LogP contribution in [0.25, 0.3) is 0 Å². The Morgan fingerprint density at radius 3 is 2.50 bits per heavy atom. The fourth-order valence-electron chi connectivity index (χ4n) is 1.99. The summed E-state index contributed by atoms with van der Waals surface area (Å²) < 4.78 is 0. The number of benzene rings is 2. The Morgan fingerprint density at radius 2 is 1.82 bits per heavy atom. The van der Waals surface area contributed by atoms with E-state index in [0.29, 0.717) is 5.11 Å². The molecule has 2 aromatic carbocycles. The predicted octanol–water partition coefficient (Wildman–Crippen LogP) is 5.22. The highest BCUT2D eigenvalue weighted by Crippen LogP contribution is 2.19. The van der Waals surface area contributed by atoms with Crippen molar-refractivity contribution < 1.29 is 0 Å². The number of hydrogen-bond donors (Lipinski definition) is 2. The van der Waals surface area contributed by atoms with Crippen LogP contribution < -0.4 is 10.6 Å². The van der Waals surface area contributed by atoms with Crippen LogP contribution >= 0.6 is 35.4 Å². The summed E-state index contributed by atoms with van der Waals surface area (Å²) in [5, 5.41) is 8.44. The van der Waals surface area contributed by atoms with Gasteiger partial charge in [0, 0.05) is 22.3 Å². The van der Waals surface area contributed by atoms with Crippen LogP contribution in [0.3, 0.4) is 0 Å². The molecule has 0 aromatic heterocycles. The van der Waals surface area contributed by atoms with Crippen molar-refractivity contribution in [3.8, 4) is 0 Å². The van der Waals surface area contributed by atoms with Crippen LogP contribution in [0, 0.1) is 6.92 Å². The topological polar surface area (TPSA) is 24.1 Å². The van der Waals surface area contributed by atoms with Gasteiger partial charge in [-0.15, -0.1) is 0 Å². The first-order valence-corrected chi connectivity index (χ1v) is 8.26. The van der Waals surface area contributed by atoms with Crippen molar-refractivity contribution in [1.29, 1.82) is 0 Å². The molecule has 0 aliphatic rings. The quantitative estimate of drug-likeness (QED) is 0.569. The summed E-state index contributed by atoms with van der Waals surface area (Å²) in [5.74, 6) is 0. The number of nitrogens with one attached hydrogen (secondary N) is 2. The molecule has 116 valence electrons. The third-order valence-electron chi connectivity index (χ3n) is 3.27. The zero-order valence-electron chi connectivity index (χ0n) is 12.3. The van der Waals surface area contributed by atoms with Crippen molar-refractivity contribution >= 4 is 46.2 Å². The Hall–Kier alpha value is -1.29. The average molecular weight is 353 g/mol. The minimum Gasteiger partial charge on any atom is -0.362 e. The zero-order valence-corrected chi connectivity index (χ0v) is 14.7. The fraction of sp³-hybridized carbons (Fsp3) is 0.235. The van der Waals surface area contributed by atoms with Gasteiger partial charge in [0.15, 0.2) is 5.11 Å². The summed E-state index contributed by atoms with van der Waals surface area (Å²) in [5.41, 5.74) is 3.22. The lowest BCUT2D eigenvalue weighted by molar-refractivity contribution is 0.777. The van der Waals surface area contributed by atoms with Gasteiger partial charge in [-0.1, -0.05) is 41.4 Å². The van der Waals surface area contributed by atoms with Crippen molar-refractivity contribution in [2.45, 2.75) is 19.8 Å². The van der Waals surface area contributed by atoms with Gasteiger partial charge in [0.1, 0.15) is 0 Å². The monoisotopic (exact) mass is 352 g/mol. The van der Waals surface area contributed by atoms with Gasteiger partial charge in [0.25, 0.3) is 0 Å². The van der Waals surface area contributed by atoms with Crippen LogP contribution in [-0.4, -0.2) is 11.7 Å². The predicted molar refractivity (Wildman–Crippen MR) is 100 cm³/mol. The Kier molecular flexibility index (Phi) is 6.49. The van der Waals surface area contributed by atoms with E-state index < -0.39 is 0 Å². The number of thiocarbonyl (C=S) groups is 1. The first kappa shape index (κ1) is 17.1. The molecule has 0 saturated heterocycles. The van der Waals surface area contributed by atoms with Gasteiger partial charge in [0.2, 0.25) is 0 Å². The van der Waals surface area contributed by atoms with Crippen LogP contribution in [0.1, 0.15) is 17.5 Å². The summed E-state index contributed by atoms with van der Waals surface area (Å²) in [6, 6.07) is 13.7. The summed E-state index contributed by atoms with van der Waals surface area (Å²) in [6.07, 6.45) is 1.99. The molecule has 0 amide bonds. The summed E-state index contributed by atoms with van der Waals surface area (Å²) >= 11 is 17.2. The van der Waals surface area contributed by atoms with E-state index in [2.05, 4.69) is 10.6 Å². The second-order valence-electron chi connectivity index (χ2n) is 5.07. The van der Waals surface area contributed by atoms with E-state index >= 15 is 0 Å². The largest absolute Gasteiger partial charge is 0.362 e. The molecule has 2 nitrogen and oxygen atoms in total. The van der Waals surface area contributed by atoms with Gasteiger partial charge in [-0.05, 0) is 67.4 Å². The minimum atomic E-state index is 0.607. The standard InChI is InChI=1S/C17H18Cl2N2S/c1-12-4-9-15(11-16(12)19)21-17(22)20-10-2-3-13-5-7-14(18)8-6-13/h4-9,11H,2-3,10H2,1H3,(H2,20,21,22). The van der Waals surface area contributed by atoms with Gasteiger partial charge >= 0.3 is 0 Å². The normalized spacial score (nSPS) is 10.3. The van der Waals surface area contributed by atoms with Crippen molar-refractivity contribution in [2.24, 2.45) is 0 Å². The second kappa shape index (κ2) is 8.37. The van der Waals surface area contributed by atoms with E-state index in [1.807, 2.05) is 49.4 Å². The molecule has 0 unspecified atom stereocenters. The van der Waals surface area contributed by atoms with E-state index in [0.717, 1.165) is 40.7 Å². The Balaban J connectivity index is 1.71. The molecule has 0 saturated carbocycles. The second-order valence-corrected chi connectivity index (χ2v) is 6.33. The fourth-order valence-corrected chi connectivity index (χ4v) is 2.52. The Morgan fingerprint density at radius 1 is 1.09 bits per heavy atom. The van der Waals surface area contributed by atoms with E-state index in [1.54, 1.807) is 0 Å². The highest BCUT2D eigenvalue weighted by molar-refractivity contribution is 7.80. The van der Waals surface area contributed by atoms with Crippen molar-refractivity contribution in [2.75, 3.05) is 11.9 Å². The lowest BCUT2D eigenvalue weighted by atomic mass is 10.1. The molecule has 22 heavy (non-hydrogen) atoms. The highest BCUT2D eigenvalue weighted by Gasteiger charge is 2.00. The Bertz CT molecular complexity index is 642. The van der Waals surface area contributed by atoms with Gasteiger partial charge < -0.3 is 10.6 Å². The molecule has 2 rings (SSSR count). The van der Waals surface area contributed by atoms with Gasteiger partial charge in [-0.25, -0.2) is 0 Å². The number of aryl methyl sites for hydroxylation is 2. The third kappa shape index (κ3) is 5.48. The van der Waals surface area contributed by atoms with Crippen molar-refractivity contribution in [3.05, 3.63) is 63.6 Å². The maximum Gasteiger partial charge on any atom is 0.170 e. The number of halogens is 2. The van der Waals surface area contributed by atoms with Crippen LogP contribution in [0.4, 0.5) is 5.69 Å². The van der Waals surface area contributed by atoms with Crippen molar-refractivity contribution in [1.82, 2.24) is 5.32 Å². The van der Waals surface area contributed by atoms with E-state index in [-0.39, 0.29) is 0 Å². The van der Waals surface area contributed by atoms with Crippen LogP contribution in [-0.2, 0) is 6.42 Å². The molecule has 5 heteroatoms. The lowest BCUT2D eigenvalue weighted by Crippen LogP contribution is -2.29. The number of anilines is 1. The van der Waals surface area contributed by atoms with Crippen molar-refractivity contribution in [3.63, 3.8) is 0 Å². The Labute approximate surface area is 146 Å². The molecular formula is C17H18Cl2N2S. The average Bonchev–Trinajstić information content (AvgIpc) is 2.49. The van der Waals surface area contributed by atoms with E-state index in [1.165, 1.54) is 5.56 Å². The zero-order chi connectivity index (χ0) is 15.9. The van der Waals surface area contributed by atoms with Crippen LogP contribution in [0.5, 0.6) is 0 Å². The van der Waals surface area contributed by atoms with E-state index in [9.17, 15) is 0 Å². The summed E-state index contributed by atoms with van der Waals surface area (Å²) in [6.45, 7) is 2.79. The van der Waals surface area contributed by atoms with Gasteiger partial charge in [0.05, 0.1) is 0 Å². The molecule has 0 radical (unpaired) electrons. The molecule has 2 aromatic rings. The van der Waals surface area contributed by atoms with Gasteiger partial charge in [-0.3, -0.25) is 0 Å². The maximum atomic E-state index is 6.09. The molecule has 0 bridgehead atoms. The molecule has 0 heterocycles. The molecule has 0 aliphatic carbocycles. The molecule has 0 fully saturated rings. The maximum absolute atomic E-state index is 6.09. The van der Waals surface area contributed by atoms with E-state index in [4.69, 9.17) is 35.4 Å². The molecule has 0 spiro atoms.